The normalized spacial score (nSPS) is 10.4. The van der Waals surface area contributed by atoms with E-state index in [9.17, 15) is 9.59 Å². The molecule has 5 nitrogen and oxygen atoms in total. The molecule has 0 radical (unpaired) electrons. The molecule has 0 bridgehead atoms. The maximum Gasteiger partial charge on any atom is 0.238 e. The molecule has 1 aromatic heterocycles. The molecule has 1 heterocycles. The number of carbonyl (C=O) groups is 2. The number of carbonyl (C=O) groups excluding carboxylic acids is 2. The van der Waals surface area contributed by atoms with E-state index in [2.05, 4.69) is 4.98 Å². The number of hydrogen-bond acceptors (Lipinski definition) is 4. The topological polar surface area (TPSA) is 63.4 Å². The SMILES string of the molecule is CC(=O)N(C(C)=O)c1oc(-c2ccccc2)nc1-c1ccccc1. The standard InChI is InChI=1S/C19H16N2O3/c1-13(22)21(14(2)23)19-17(15-9-5-3-6-10-15)20-18(24-19)16-11-7-4-8-12-16/h3-12H,1-2H3. The highest BCUT2D eigenvalue weighted by Crippen LogP contribution is 2.35. The monoisotopic (exact) mass is 320 g/mol. The predicted octanol–water partition coefficient (Wildman–Crippen LogP) is 3.91. The Bertz CT molecular complexity index is 856. The molecule has 0 aliphatic heterocycles. The second-order valence-electron chi connectivity index (χ2n) is 5.28. The summed E-state index contributed by atoms with van der Waals surface area (Å²) in [6.07, 6.45) is 0. The number of benzene rings is 2. The molecule has 5 heteroatoms. The van der Waals surface area contributed by atoms with E-state index < -0.39 is 11.8 Å². The van der Waals surface area contributed by atoms with Gasteiger partial charge in [-0.3, -0.25) is 9.59 Å². The fraction of sp³-hybridized carbons (Fsp3) is 0.105. The van der Waals surface area contributed by atoms with Crippen molar-refractivity contribution in [2.45, 2.75) is 13.8 Å². The highest BCUT2D eigenvalue weighted by molar-refractivity contribution is 6.13. The highest BCUT2D eigenvalue weighted by Gasteiger charge is 2.27. The van der Waals surface area contributed by atoms with Crippen molar-refractivity contribution in [3.63, 3.8) is 0 Å². The van der Waals surface area contributed by atoms with Crippen LogP contribution in [0.3, 0.4) is 0 Å². The summed E-state index contributed by atoms with van der Waals surface area (Å²) in [4.78, 5) is 29.4. The first-order valence-electron chi connectivity index (χ1n) is 7.51. The van der Waals surface area contributed by atoms with E-state index in [1.807, 2.05) is 60.7 Å². The van der Waals surface area contributed by atoms with E-state index in [1.165, 1.54) is 13.8 Å². The Labute approximate surface area is 139 Å². The Morgan fingerprint density at radius 1 is 0.833 bits per heavy atom. The van der Waals surface area contributed by atoms with Crippen LogP contribution in [-0.4, -0.2) is 16.8 Å². The van der Waals surface area contributed by atoms with E-state index >= 15 is 0 Å². The van der Waals surface area contributed by atoms with Crippen LogP contribution in [0.1, 0.15) is 13.8 Å². The molecule has 3 rings (SSSR count). The first-order chi connectivity index (χ1) is 11.6. The lowest BCUT2D eigenvalue weighted by Crippen LogP contribution is -2.33. The number of rotatable bonds is 3. The van der Waals surface area contributed by atoms with Crippen molar-refractivity contribution in [3.8, 4) is 22.7 Å². The average Bonchev–Trinajstić information content (AvgIpc) is 3.00. The molecule has 0 N–H and O–H groups in total. The van der Waals surface area contributed by atoms with Crippen LogP contribution < -0.4 is 4.90 Å². The fourth-order valence-electron chi connectivity index (χ4n) is 2.46. The van der Waals surface area contributed by atoms with Gasteiger partial charge in [-0.25, -0.2) is 9.88 Å². The van der Waals surface area contributed by atoms with Gasteiger partial charge < -0.3 is 4.42 Å². The van der Waals surface area contributed by atoms with Crippen molar-refractivity contribution in [1.82, 2.24) is 4.98 Å². The molecule has 0 saturated heterocycles. The van der Waals surface area contributed by atoms with Gasteiger partial charge in [-0.15, -0.1) is 0 Å². The lowest BCUT2D eigenvalue weighted by Gasteiger charge is -2.14. The van der Waals surface area contributed by atoms with Gasteiger partial charge in [-0.1, -0.05) is 48.5 Å². The summed E-state index contributed by atoms with van der Waals surface area (Å²) in [5.74, 6) is -0.345. The van der Waals surface area contributed by atoms with Crippen LogP contribution in [0, 0.1) is 0 Å². The van der Waals surface area contributed by atoms with Gasteiger partial charge in [0.05, 0.1) is 0 Å². The summed E-state index contributed by atoms with van der Waals surface area (Å²) in [6, 6.07) is 18.7. The van der Waals surface area contributed by atoms with Crippen LogP contribution in [0.15, 0.2) is 65.1 Å². The maximum absolute atomic E-state index is 11.9. The van der Waals surface area contributed by atoms with Crippen LogP contribution in [0.4, 0.5) is 5.88 Å². The van der Waals surface area contributed by atoms with Gasteiger partial charge in [-0.2, -0.15) is 0 Å². The minimum atomic E-state index is -0.421. The van der Waals surface area contributed by atoms with Gasteiger partial charge in [0.25, 0.3) is 0 Å². The number of aromatic nitrogens is 1. The van der Waals surface area contributed by atoms with Gasteiger partial charge in [0.15, 0.2) is 0 Å². The lowest BCUT2D eigenvalue weighted by molar-refractivity contribution is -0.124. The Morgan fingerprint density at radius 3 is 1.83 bits per heavy atom. The van der Waals surface area contributed by atoms with E-state index in [0.29, 0.717) is 11.6 Å². The fourth-order valence-corrected chi connectivity index (χ4v) is 2.46. The molecule has 0 aliphatic rings. The number of anilines is 1. The molecule has 0 unspecified atom stereocenters. The van der Waals surface area contributed by atoms with Gasteiger partial charge in [0.2, 0.25) is 23.6 Å². The zero-order chi connectivity index (χ0) is 17.1. The van der Waals surface area contributed by atoms with Gasteiger partial charge in [0.1, 0.15) is 5.69 Å². The molecule has 0 saturated carbocycles. The Balaban J connectivity index is 2.21. The first kappa shape index (κ1) is 15.7. The Morgan fingerprint density at radius 2 is 1.33 bits per heavy atom. The van der Waals surface area contributed by atoms with Crippen LogP contribution in [0.2, 0.25) is 0 Å². The van der Waals surface area contributed by atoms with E-state index in [0.717, 1.165) is 16.0 Å². The summed E-state index contributed by atoms with van der Waals surface area (Å²) in [7, 11) is 0. The van der Waals surface area contributed by atoms with E-state index in [-0.39, 0.29) is 5.88 Å². The second kappa shape index (κ2) is 6.50. The molecule has 0 atom stereocenters. The Kier molecular flexibility index (Phi) is 4.24. The number of nitrogens with zero attached hydrogens (tertiary/aromatic N) is 2. The zero-order valence-electron chi connectivity index (χ0n) is 13.4. The summed E-state index contributed by atoms with van der Waals surface area (Å²) < 4.78 is 5.81. The molecular weight excluding hydrogens is 304 g/mol. The highest BCUT2D eigenvalue weighted by atomic mass is 16.4. The first-order valence-corrected chi connectivity index (χ1v) is 7.51. The third-order valence-corrected chi connectivity index (χ3v) is 3.51. The van der Waals surface area contributed by atoms with Gasteiger partial charge >= 0.3 is 0 Å². The minimum absolute atomic E-state index is 0.139. The van der Waals surface area contributed by atoms with Crippen molar-refractivity contribution in [1.29, 1.82) is 0 Å². The largest absolute Gasteiger partial charge is 0.419 e. The molecule has 3 aromatic rings. The molecule has 24 heavy (non-hydrogen) atoms. The number of hydrogen-bond donors (Lipinski definition) is 0. The quantitative estimate of drug-likeness (QED) is 0.734. The zero-order valence-corrected chi connectivity index (χ0v) is 13.4. The summed E-state index contributed by atoms with van der Waals surface area (Å²) in [6.45, 7) is 2.64. The average molecular weight is 320 g/mol. The number of amides is 2. The van der Waals surface area contributed by atoms with Crippen molar-refractivity contribution in [3.05, 3.63) is 60.7 Å². The second-order valence-corrected chi connectivity index (χ2v) is 5.28. The van der Waals surface area contributed by atoms with Crippen LogP contribution in [0.5, 0.6) is 0 Å². The van der Waals surface area contributed by atoms with E-state index in [1.54, 1.807) is 0 Å². The van der Waals surface area contributed by atoms with Crippen molar-refractivity contribution >= 4 is 17.7 Å². The predicted molar refractivity (Wildman–Crippen MR) is 91.2 cm³/mol. The maximum atomic E-state index is 11.9. The van der Waals surface area contributed by atoms with Crippen molar-refractivity contribution in [2.24, 2.45) is 0 Å². The third kappa shape index (κ3) is 2.96. The molecule has 0 aliphatic carbocycles. The molecule has 120 valence electrons. The van der Waals surface area contributed by atoms with Gasteiger partial charge in [-0.05, 0) is 12.1 Å². The van der Waals surface area contributed by atoms with Crippen LogP contribution in [0.25, 0.3) is 22.7 Å². The van der Waals surface area contributed by atoms with Crippen molar-refractivity contribution < 1.29 is 14.0 Å². The summed E-state index contributed by atoms with van der Waals surface area (Å²) in [5, 5.41) is 0. The lowest BCUT2D eigenvalue weighted by atomic mass is 10.1. The molecule has 0 spiro atoms. The van der Waals surface area contributed by atoms with Crippen molar-refractivity contribution in [2.75, 3.05) is 4.90 Å². The third-order valence-electron chi connectivity index (χ3n) is 3.51. The molecule has 0 fully saturated rings. The summed E-state index contributed by atoms with van der Waals surface area (Å²) >= 11 is 0. The van der Waals surface area contributed by atoms with Crippen LogP contribution in [-0.2, 0) is 9.59 Å². The van der Waals surface area contributed by atoms with E-state index in [4.69, 9.17) is 4.42 Å². The molecular formula is C19H16N2O3. The minimum Gasteiger partial charge on any atom is -0.419 e. The number of imide groups is 1. The molecule has 2 aromatic carbocycles. The summed E-state index contributed by atoms with van der Waals surface area (Å²) in [5.41, 5.74) is 2.00. The Hall–Kier alpha value is -3.21. The molecule has 2 amide bonds. The smallest absolute Gasteiger partial charge is 0.238 e. The van der Waals surface area contributed by atoms with Crippen LogP contribution >= 0.6 is 0 Å². The van der Waals surface area contributed by atoms with Gasteiger partial charge in [0, 0.05) is 25.0 Å². The number of oxazole rings is 1.